The molecule has 0 aliphatic carbocycles. The van der Waals surface area contributed by atoms with E-state index in [-0.39, 0.29) is 29.8 Å². The van der Waals surface area contributed by atoms with E-state index in [2.05, 4.69) is 10.3 Å². The van der Waals surface area contributed by atoms with Gasteiger partial charge in [-0.25, -0.2) is 13.8 Å². The molecular weight excluding hydrogens is 408 g/mol. The van der Waals surface area contributed by atoms with Gasteiger partial charge in [-0.05, 0) is 31.0 Å². The summed E-state index contributed by atoms with van der Waals surface area (Å²) in [5.74, 6) is 0.129. The quantitative estimate of drug-likeness (QED) is 0.693. The average Bonchev–Trinajstić information content (AvgIpc) is 2.78. The fourth-order valence-corrected chi connectivity index (χ4v) is 3.48. The lowest BCUT2D eigenvalue weighted by molar-refractivity contribution is -0.131. The third-order valence-corrected chi connectivity index (χ3v) is 5.08. The van der Waals surface area contributed by atoms with Crippen LogP contribution in [-0.2, 0) is 11.2 Å². The van der Waals surface area contributed by atoms with Gasteiger partial charge in [0.1, 0.15) is 11.3 Å². The standard InChI is InChI=1S/C22H25F2N3O4/c1-30-18-7-3-2-5-15(18)13-20(28)27-11-8-16(9-12-27)26-21(29)17-6-4-10-25-22(17)31-14-19(23)24/h2-7,10,16,19H,8-9,11-14H2,1H3,(H,26,29). The summed E-state index contributed by atoms with van der Waals surface area (Å²) in [6.07, 6.45) is 0.161. The van der Waals surface area contributed by atoms with Gasteiger partial charge in [-0.3, -0.25) is 9.59 Å². The average molecular weight is 433 g/mol. The lowest BCUT2D eigenvalue weighted by Gasteiger charge is -2.32. The Hall–Kier alpha value is -3.23. The molecule has 0 unspecified atom stereocenters. The minimum atomic E-state index is -2.66. The van der Waals surface area contributed by atoms with Crippen LogP contribution in [0.5, 0.6) is 11.6 Å². The van der Waals surface area contributed by atoms with Gasteiger partial charge in [-0.2, -0.15) is 0 Å². The molecule has 3 rings (SSSR count). The van der Waals surface area contributed by atoms with E-state index in [1.54, 1.807) is 18.1 Å². The van der Waals surface area contributed by atoms with Gasteiger partial charge in [0.15, 0.2) is 6.61 Å². The van der Waals surface area contributed by atoms with Crippen LogP contribution in [0.4, 0.5) is 8.78 Å². The molecule has 2 amide bonds. The molecule has 0 bridgehead atoms. The molecule has 1 fully saturated rings. The number of nitrogens with zero attached hydrogens (tertiary/aromatic N) is 2. The summed E-state index contributed by atoms with van der Waals surface area (Å²) in [6.45, 7) is 0.200. The number of carbonyl (C=O) groups is 2. The highest BCUT2D eigenvalue weighted by Crippen LogP contribution is 2.21. The SMILES string of the molecule is COc1ccccc1CC(=O)N1CCC(NC(=O)c2cccnc2OCC(F)F)CC1. The summed E-state index contributed by atoms with van der Waals surface area (Å²) in [7, 11) is 1.57. The minimum Gasteiger partial charge on any atom is -0.496 e. The summed E-state index contributed by atoms with van der Waals surface area (Å²) in [5, 5.41) is 2.89. The first kappa shape index (κ1) is 22.5. The number of ether oxygens (including phenoxy) is 2. The molecule has 7 nitrogen and oxygen atoms in total. The zero-order valence-electron chi connectivity index (χ0n) is 17.2. The molecule has 31 heavy (non-hydrogen) atoms. The van der Waals surface area contributed by atoms with Gasteiger partial charge < -0.3 is 19.7 Å². The molecule has 1 aliphatic heterocycles. The van der Waals surface area contributed by atoms with Crippen molar-refractivity contribution in [3.8, 4) is 11.6 Å². The number of aromatic nitrogens is 1. The van der Waals surface area contributed by atoms with Crippen molar-refractivity contribution in [1.29, 1.82) is 0 Å². The summed E-state index contributed by atoms with van der Waals surface area (Å²) < 4.78 is 35.1. The van der Waals surface area contributed by atoms with E-state index in [4.69, 9.17) is 9.47 Å². The van der Waals surface area contributed by atoms with Crippen molar-refractivity contribution in [3.63, 3.8) is 0 Å². The predicted octanol–water partition coefficient (Wildman–Crippen LogP) is 2.70. The largest absolute Gasteiger partial charge is 0.496 e. The smallest absolute Gasteiger partial charge is 0.272 e. The number of methoxy groups -OCH3 is 1. The van der Waals surface area contributed by atoms with Crippen LogP contribution in [0.15, 0.2) is 42.6 Å². The first-order valence-corrected chi connectivity index (χ1v) is 10.0. The maximum Gasteiger partial charge on any atom is 0.272 e. The van der Waals surface area contributed by atoms with Crippen molar-refractivity contribution in [2.24, 2.45) is 0 Å². The van der Waals surface area contributed by atoms with E-state index in [9.17, 15) is 18.4 Å². The van der Waals surface area contributed by atoms with Gasteiger partial charge in [0.05, 0.1) is 13.5 Å². The molecular formula is C22H25F2N3O4. The van der Waals surface area contributed by atoms with Crippen LogP contribution in [0.2, 0.25) is 0 Å². The Balaban J connectivity index is 1.52. The number of alkyl halides is 2. The minimum absolute atomic E-state index is 0.00391. The molecule has 2 heterocycles. The molecule has 166 valence electrons. The van der Waals surface area contributed by atoms with Crippen molar-refractivity contribution < 1.29 is 27.8 Å². The van der Waals surface area contributed by atoms with E-state index >= 15 is 0 Å². The van der Waals surface area contributed by atoms with E-state index in [1.807, 2.05) is 24.3 Å². The monoisotopic (exact) mass is 433 g/mol. The normalized spacial score (nSPS) is 14.4. The van der Waals surface area contributed by atoms with Crippen LogP contribution in [-0.4, -0.2) is 61.0 Å². The molecule has 1 aromatic heterocycles. The van der Waals surface area contributed by atoms with Crippen molar-refractivity contribution in [1.82, 2.24) is 15.2 Å². The summed E-state index contributed by atoms with van der Waals surface area (Å²) >= 11 is 0. The number of halogens is 2. The zero-order valence-corrected chi connectivity index (χ0v) is 17.2. The Kier molecular flexibility index (Phi) is 7.75. The van der Waals surface area contributed by atoms with Gasteiger partial charge >= 0.3 is 0 Å². The summed E-state index contributed by atoms with van der Waals surface area (Å²) in [5.41, 5.74) is 0.941. The van der Waals surface area contributed by atoms with Gasteiger partial charge in [-0.1, -0.05) is 18.2 Å². The number of nitrogens with one attached hydrogen (secondary N) is 1. The summed E-state index contributed by atoms with van der Waals surface area (Å²) in [4.78, 5) is 30.9. The molecule has 1 aromatic carbocycles. The van der Waals surface area contributed by atoms with Crippen LogP contribution in [0.3, 0.4) is 0 Å². The molecule has 0 spiro atoms. The molecule has 2 aromatic rings. The Morgan fingerprint density at radius 2 is 1.94 bits per heavy atom. The maximum atomic E-state index is 12.7. The van der Waals surface area contributed by atoms with E-state index in [0.717, 1.165) is 5.56 Å². The lowest BCUT2D eigenvalue weighted by Crippen LogP contribution is -2.47. The third-order valence-electron chi connectivity index (χ3n) is 5.08. The fraction of sp³-hybridized carbons (Fsp3) is 0.409. The number of amides is 2. The number of likely N-dealkylation sites (tertiary alicyclic amines) is 1. The maximum absolute atomic E-state index is 12.7. The molecule has 0 radical (unpaired) electrons. The molecule has 1 N–H and O–H groups in total. The van der Waals surface area contributed by atoms with Crippen molar-refractivity contribution in [2.45, 2.75) is 31.7 Å². The first-order valence-electron chi connectivity index (χ1n) is 10.0. The molecule has 1 saturated heterocycles. The second-order valence-electron chi connectivity index (χ2n) is 7.18. The third kappa shape index (κ3) is 6.13. The Bertz CT molecular complexity index is 902. The number of hydrogen-bond donors (Lipinski definition) is 1. The number of rotatable bonds is 8. The Labute approximate surface area is 179 Å². The highest BCUT2D eigenvalue weighted by Gasteiger charge is 2.26. The molecule has 0 atom stereocenters. The van der Waals surface area contributed by atoms with Crippen molar-refractivity contribution in [3.05, 3.63) is 53.7 Å². The summed E-state index contributed by atoms with van der Waals surface area (Å²) in [6, 6.07) is 10.3. The van der Waals surface area contributed by atoms with Crippen LogP contribution in [0.1, 0.15) is 28.8 Å². The fourth-order valence-electron chi connectivity index (χ4n) is 3.48. The number of piperidine rings is 1. The van der Waals surface area contributed by atoms with Gasteiger partial charge in [-0.15, -0.1) is 0 Å². The molecule has 1 aliphatic rings. The topological polar surface area (TPSA) is 80.8 Å². The van der Waals surface area contributed by atoms with Gasteiger partial charge in [0, 0.05) is 30.9 Å². The highest BCUT2D eigenvalue weighted by atomic mass is 19.3. The Morgan fingerprint density at radius 1 is 1.19 bits per heavy atom. The number of benzene rings is 1. The van der Waals surface area contributed by atoms with E-state index < -0.39 is 18.9 Å². The predicted molar refractivity (Wildman–Crippen MR) is 110 cm³/mol. The van der Waals surface area contributed by atoms with Gasteiger partial charge in [0.2, 0.25) is 11.8 Å². The first-order chi connectivity index (χ1) is 15.0. The van der Waals surface area contributed by atoms with Crippen LogP contribution in [0.25, 0.3) is 0 Å². The Morgan fingerprint density at radius 3 is 2.65 bits per heavy atom. The number of hydrogen-bond acceptors (Lipinski definition) is 5. The molecule has 0 saturated carbocycles. The second-order valence-corrected chi connectivity index (χ2v) is 7.18. The van der Waals surface area contributed by atoms with Crippen molar-refractivity contribution >= 4 is 11.8 Å². The number of para-hydroxylation sites is 1. The highest BCUT2D eigenvalue weighted by molar-refractivity contribution is 5.96. The number of pyridine rings is 1. The van der Waals surface area contributed by atoms with Gasteiger partial charge in [0.25, 0.3) is 12.3 Å². The van der Waals surface area contributed by atoms with Crippen LogP contribution >= 0.6 is 0 Å². The number of carbonyl (C=O) groups excluding carboxylic acids is 2. The van der Waals surface area contributed by atoms with E-state index in [0.29, 0.717) is 31.7 Å². The molecule has 9 heteroatoms. The van der Waals surface area contributed by atoms with Crippen LogP contribution in [0, 0.1) is 0 Å². The van der Waals surface area contributed by atoms with Crippen LogP contribution < -0.4 is 14.8 Å². The van der Waals surface area contributed by atoms with E-state index in [1.165, 1.54) is 12.3 Å². The van der Waals surface area contributed by atoms with Crippen molar-refractivity contribution in [2.75, 3.05) is 26.8 Å². The second kappa shape index (κ2) is 10.7. The lowest BCUT2D eigenvalue weighted by atomic mass is 10.0. The zero-order chi connectivity index (χ0) is 22.2.